The molecule has 1 N–H and O–H groups in total. The van der Waals surface area contributed by atoms with Crippen LogP contribution in [-0.2, 0) is 15.6 Å². The number of rotatable bonds is 8. The lowest BCUT2D eigenvalue weighted by atomic mass is 9.62. The van der Waals surface area contributed by atoms with Gasteiger partial charge in [0.25, 0.3) is 0 Å². The number of carbonyl (C=O) groups is 1. The van der Waals surface area contributed by atoms with Gasteiger partial charge >= 0.3 is 5.97 Å². The van der Waals surface area contributed by atoms with Crippen LogP contribution in [0.2, 0.25) is 0 Å². The maximum atomic E-state index is 10.8. The average Bonchev–Trinajstić information content (AvgIpc) is 3.42. The molecule has 0 aliphatic heterocycles. The molecule has 3 nitrogen and oxygen atoms in total. The molecule has 1 fully saturated rings. The molecule has 2 aliphatic rings. The number of carboxylic acid groups (broad SMARTS) is 1. The van der Waals surface area contributed by atoms with E-state index in [1.165, 1.54) is 42.0 Å². The monoisotopic (exact) mass is 410 g/mol. The highest BCUT2D eigenvalue weighted by atomic mass is 16.5. The Labute approximate surface area is 182 Å². The molecule has 1 aromatic carbocycles. The quantitative estimate of drug-likeness (QED) is 0.374. The fourth-order valence-corrected chi connectivity index (χ4v) is 4.80. The Morgan fingerprint density at radius 3 is 2.40 bits per heavy atom. The molecular formula is C27H38O3. The Hall–Kier alpha value is -2.03. The lowest BCUT2D eigenvalue weighted by Gasteiger charge is -2.42. The minimum atomic E-state index is -0.890. The first-order chi connectivity index (χ1) is 14.0. The molecule has 2 unspecified atom stereocenters. The highest BCUT2D eigenvalue weighted by molar-refractivity contribution is 5.81. The zero-order chi connectivity index (χ0) is 22.1. The van der Waals surface area contributed by atoms with E-state index in [0.717, 1.165) is 30.8 Å². The van der Waals surface area contributed by atoms with E-state index < -0.39 is 5.97 Å². The third-order valence-corrected chi connectivity index (χ3v) is 6.94. The molecule has 1 aromatic rings. The molecular weight excluding hydrogens is 372 g/mol. The van der Waals surface area contributed by atoms with Crippen LogP contribution in [0.25, 0.3) is 0 Å². The summed E-state index contributed by atoms with van der Waals surface area (Å²) in [5, 5.41) is 8.85. The van der Waals surface area contributed by atoms with Gasteiger partial charge in [0.2, 0.25) is 0 Å². The highest BCUT2D eigenvalue weighted by Gasteiger charge is 2.43. The average molecular weight is 411 g/mol. The van der Waals surface area contributed by atoms with Gasteiger partial charge in [-0.1, -0.05) is 52.8 Å². The zero-order valence-corrected chi connectivity index (χ0v) is 19.5. The van der Waals surface area contributed by atoms with Crippen molar-refractivity contribution in [3.8, 4) is 5.75 Å². The zero-order valence-electron chi connectivity index (χ0n) is 19.5. The molecule has 3 rings (SSSR count). The van der Waals surface area contributed by atoms with E-state index in [4.69, 9.17) is 9.84 Å². The molecule has 2 atom stereocenters. The number of carboxylic acids is 1. The Morgan fingerprint density at radius 1 is 1.17 bits per heavy atom. The van der Waals surface area contributed by atoms with Crippen molar-refractivity contribution in [1.29, 1.82) is 0 Å². The van der Waals surface area contributed by atoms with Crippen LogP contribution < -0.4 is 4.74 Å². The van der Waals surface area contributed by atoms with Crippen molar-refractivity contribution < 1.29 is 14.6 Å². The first-order valence-corrected chi connectivity index (χ1v) is 11.4. The summed E-state index contributed by atoms with van der Waals surface area (Å²) in [7, 11) is 0. The summed E-state index contributed by atoms with van der Waals surface area (Å²) in [5.74, 6) is 1.34. The Morgan fingerprint density at radius 2 is 1.80 bits per heavy atom. The molecule has 30 heavy (non-hydrogen) atoms. The van der Waals surface area contributed by atoms with Crippen molar-refractivity contribution in [3.63, 3.8) is 0 Å². The van der Waals surface area contributed by atoms with Crippen LogP contribution in [0, 0.1) is 5.92 Å². The van der Waals surface area contributed by atoms with Crippen molar-refractivity contribution in [2.45, 2.75) is 90.4 Å². The smallest absolute Gasteiger partial charge is 0.328 e. The Bertz CT molecular complexity index is 857. The van der Waals surface area contributed by atoms with E-state index >= 15 is 0 Å². The van der Waals surface area contributed by atoms with Gasteiger partial charge in [-0.15, -0.1) is 0 Å². The summed E-state index contributed by atoms with van der Waals surface area (Å²) in [6.45, 7) is 14.2. The van der Waals surface area contributed by atoms with Gasteiger partial charge < -0.3 is 9.84 Å². The molecule has 0 spiro atoms. The number of allylic oxidation sites excluding steroid dienone is 3. The van der Waals surface area contributed by atoms with Crippen molar-refractivity contribution >= 4 is 5.97 Å². The second kappa shape index (κ2) is 8.61. The summed E-state index contributed by atoms with van der Waals surface area (Å²) in [4.78, 5) is 10.8. The maximum Gasteiger partial charge on any atom is 0.328 e. The molecule has 0 bridgehead atoms. The molecule has 0 aromatic heterocycles. The molecule has 0 radical (unpaired) electrons. The van der Waals surface area contributed by atoms with Crippen LogP contribution in [0.3, 0.4) is 0 Å². The summed E-state index contributed by atoms with van der Waals surface area (Å²) >= 11 is 0. The number of ether oxygens (including phenoxy) is 1. The van der Waals surface area contributed by atoms with E-state index in [2.05, 4.69) is 52.8 Å². The first kappa shape index (κ1) is 22.7. The second-order valence-corrected chi connectivity index (χ2v) is 10.5. The van der Waals surface area contributed by atoms with Gasteiger partial charge in [-0.25, -0.2) is 4.79 Å². The molecule has 0 amide bonds. The number of fused-ring (bicyclic) bond motifs is 1. The molecule has 0 heterocycles. The fourth-order valence-electron chi connectivity index (χ4n) is 4.80. The van der Waals surface area contributed by atoms with E-state index in [-0.39, 0.29) is 10.8 Å². The summed E-state index contributed by atoms with van der Waals surface area (Å²) in [5.41, 5.74) is 5.51. The normalized spacial score (nSPS) is 24.5. The van der Waals surface area contributed by atoms with Gasteiger partial charge in [0.1, 0.15) is 5.75 Å². The van der Waals surface area contributed by atoms with Crippen LogP contribution >= 0.6 is 0 Å². The number of hydrogen-bond donors (Lipinski definition) is 1. The largest absolute Gasteiger partial charge is 0.493 e. The van der Waals surface area contributed by atoms with Crippen LogP contribution in [0.5, 0.6) is 5.75 Å². The Balaban J connectivity index is 1.86. The van der Waals surface area contributed by atoms with Crippen LogP contribution in [0.4, 0.5) is 0 Å². The minimum absolute atomic E-state index is 0.188. The van der Waals surface area contributed by atoms with Gasteiger partial charge in [-0.3, -0.25) is 0 Å². The lowest BCUT2D eigenvalue weighted by molar-refractivity contribution is -0.131. The first-order valence-electron chi connectivity index (χ1n) is 11.4. The number of aliphatic carboxylic acids is 1. The van der Waals surface area contributed by atoms with Gasteiger partial charge in [0.15, 0.2) is 0 Å². The maximum absolute atomic E-state index is 10.8. The number of hydrogen-bond acceptors (Lipinski definition) is 2. The van der Waals surface area contributed by atoms with Crippen molar-refractivity contribution in [2.75, 3.05) is 6.61 Å². The van der Waals surface area contributed by atoms with E-state index in [9.17, 15) is 4.79 Å². The van der Waals surface area contributed by atoms with Gasteiger partial charge in [0.05, 0.1) is 6.61 Å². The standard InChI is InChI=1S/C27H38O3/c1-7-13-30-24-17-23-22(26(3,4)11-12-27(23,5)6)16-21(24)20-15-19(20)10-8-9-18(2)14-25(28)29/h8-9,14,16-17,19-20H,7,10-13,15H2,1-6H3,(H,28,29). The number of benzene rings is 1. The van der Waals surface area contributed by atoms with E-state index in [0.29, 0.717) is 11.8 Å². The second-order valence-electron chi connectivity index (χ2n) is 10.5. The van der Waals surface area contributed by atoms with Crippen LogP contribution in [0.15, 0.2) is 35.9 Å². The van der Waals surface area contributed by atoms with Crippen molar-refractivity contribution in [2.24, 2.45) is 5.92 Å². The lowest BCUT2D eigenvalue weighted by Crippen LogP contribution is -2.34. The molecule has 3 heteroatoms. The summed E-state index contributed by atoms with van der Waals surface area (Å²) < 4.78 is 6.26. The summed E-state index contributed by atoms with van der Waals surface area (Å²) in [6, 6.07) is 4.82. The molecule has 1 saturated carbocycles. The van der Waals surface area contributed by atoms with E-state index in [1.54, 1.807) is 0 Å². The van der Waals surface area contributed by atoms with Crippen LogP contribution in [0.1, 0.15) is 96.3 Å². The third kappa shape index (κ3) is 4.99. The van der Waals surface area contributed by atoms with Crippen molar-refractivity contribution in [3.05, 3.63) is 52.6 Å². The SMILES string of the molecule is CCCOc1cc2c(cc1C1CC1CC=CC(C)=CC(=O)O)C(C)(C)CCC2(C)C. The third-order valence-electron chi connectivity index (χ3n) is 6.94. The predicted octanol–water partition coefficient (Wildman–Crippen LogP) is 6.91. The minimum Gasteiger partial charge on any atom is -0.493 e. The molecule has 0 saturated heterocycles. The predicted molar refractivity (Wildman–Crippen MR) is 124 cm³/mol. The van der Waals surface area contributed by atoms with Crippen LogP contribution in [-0.4, -0.2) is 17.7 Å². The summed E-state index contributed by atoms with van der Waals surface area (Å²) in [6.07, 6.45) is 10.9. The van der Waals surface area contributed by atoms with Gasteiger partial charge in [0, 0.05) is 6.08 Å². The van der Waals surface area contributed by atoms with Gasteiger partial charge in [-0.2, -0.15) is 0 Å². The van der Waals surface area contributed by atoms with E-state index in [1.807, 2.05) is 13.0 Å². The fraction of sp³-hybridized carbons (Fsp3) is 0.593. The van der Waals surface area contributed by atoms with Crippen molar-refractivity contribution in [1.82, 2.24) is 0 Å². The van der Waals surface area contributed by atoms with Gasteiger partial charge in [-0.05, 0) is 90.0 Å². The molecule has 164 valence electrons. The Kier molecular flexibility index (Phi) is 6.50. The molecule has 2 aliphatic carbocycles. The highest BCUT2D eigenvalue weighted by Crippen LogP contribution is 2.55. The topological polar surface area (TPSA) is 46.5 Å².